The molecule has 1 amide bonds. The van der Waals surface area contributed by atoms with Crippen LogP contribution in [0.2, 0.25) is 0 Å². The normalized spacial score (nSPS) is 31.7. The van der Waals surface area contributed by atoms with Crippen LogP contribution in [0.25, 0.3) is 0 Å². The monoisotopic (exact) mass is 405 g/mol. The highest BCUT2D eigenvalue weighted by Crippen LogP contribution is 2.47. The van der Waals surface area contributed by atoms with Gasteiger partial charge in [-0.05, 0) is 56.0 Å². The number of allylic oxidation sites excluding steroid dienone is 2. The van der Waals surface area contributed by atoms with Crippen molar-refractivity contribution >= 4 is 11.6 Å². The van der Waals surface area contributed by atoms with E-state index in [2.05, 4.69) is 46.4 Å². The molecule has 5 rings (SSSR count). The molecule has 6 heteroatoms. The zero-order valence-electron chi connectivity index (χ0n) is 17.4. The molecule has 5 atom stereocenters. The lowest BCUT2D eigenvalue weighted by Gasteiger charge is -2.35. The molecular formula is C24H31N5O. The molecule has 6 nitrogen and oxygen atoms in total. The molecule has 0 spiro atoms. The zero-order chi connectivity index (χ0) is 20.7. The summed E-state index contributed by atoms with van der Waals surface area (Å²) in [5.74, 6) is 1.41. The van der Waals surface area contributed by atoms with Crippen LogP contribution in [0.3, 0.4) is 0 Å². The molecule has 0 bridgehead atoms. The van der Waals surface area contributed by atoms with Crippen molar-refractivity contribution in [2.45, 2.75) is 63.3 Å². The predicted molar refractivity (Wildman–Crippen MR) is 119 cm³/mol. The number of hydrogen-bond donors (Lipinski definition) is 5. The molecule has 1 heterocycles. The quantitative estimate of drug-likeness (QED) is 0.469. The molecule has 0 radical (unpaired) electrons. The second kappa shape index (κ2) is 7.84. The number of aryl methyl sites for hydroxylation is 1. The molecule has 6 N–H and O–H groups in total. The van der Waals surface area contributed by atoms with Crippen LogP contribution < -0.4 is 27.0 Å². The van der Waals surface area contributed by atoms with Crippen molar-refractivity contribution in [1.29, 1.82) is 0 Å². The number of hydrogen-bond acceptors (Lipinski definition) is 5. The van der Waals surface area contributed by atoms with Gasteiger partial charge in [-0.15, -0.1) is 0 Å². The van der Waals surface area contributed by atoms with Crippen molar-refractivity contribution in [2.24, 2.45) is 11.7 Å². The Kier molecular flexibility index (Phi) is 5.03. The van der Waals surface area contributed by atoms with Gasteiger partial charge in [-0.3, -0.25) is 4.79 Å². The Hall–Kier alpha value is -2.73. The number of carbonyl (C=O) groups is 1. The third-order valence-electron chi connectivity index (χ3n) is 6.71. The van der Waals surface area contributed by atoms with Gasteiger partial charge in [-0.2, -0.15) is 0 Å². The third-order valence-corrected chi connectivity index (χ3v) is 6.71. The van der Waals surface area contributed by atoms with E-state index >= 15 is 0 Å². The summed E-state index contributed by atoms with van der Waals surface area (Å²) in [7, 11) is 0. The van der Waals surface area contributed by atoms with E-state index in [-0.39, 0.29) is 30.2 Å². The van der Waals surface area contributed by atoms with Gasteiger partial charge < -0.3 is 27.0 Å². The maximum Gasteiger partial charge on any atom is 0.251 e. The maximum atomic E-state index is 13.0. The van der Waals surface area contributed by atoms with Crippen LogP contribution in [0.4, 0.5) is 5.69 Å². The minimum Gasteiger partial charge on any atom is -0.368 e. The molecule has 1 aromatic rings. The van der Waals surface area contributed by atoms with Gasteiger partial charge in [0.25, 0.3) is 5.91 Å². The highest BCUT2D eigenvalue weighted by molar-refractivity contribution is 5.96. The molecule has 1 aromatic carbocycles. The first kappa shape index (κ1) is 19.2. The molecule has 3 unspecified atom stereocenters. The van der Waals surface area contributed by atoms with Crippen molar-refractivity contribution in [2.75, 3.05) is 5.32 Å². The summed E-state index contributed by atoms with van der Waals surface area (Å²) in [6.07, 6.45) is 11.3. The number of nitrogens with two attached hydrogens (primary N) is 1. The van der Waals surface area contributed by atoms with E-state index in [4.69, 9.17) is 5.73 Å². The fourth-order valence-electron chi connectivity index (χ4n) is 4.78. The Bertz CT molecular complexity index is 933. The number of fused-ring (bicyclic) bond motifs is 1. The SMILES string of the molecule is Cc1cccc(NC2NC(NC3CCCCC3N)=CC=C2C(=O)N[C@@H]2CC3=C[C@@H]32)c1. The first-order valence-electron chi connectivity index (χ1n) is 11.1. The topological polar surface area (TPSA) is 91.2 Å². The van der Waals surface area contributed by atoms with Crippen LogP contribution in [-0.2, 0) is 4.79 Å². The summed E-state index contributed by atoms with van der Waals surface area (Å²) in [5.41, 5.74) is 10.7. The van der Waals surface area contributed by atoms with E-state index < -0.39 is 0 Å². The number of nitrogens with one attached hydrogen (secondary N) is 4. The molecule has 1 aliphatic heterocycles. The van der Waals surface area contributed by atoms with Gasteiger partial charge in [0.1, 0.15) is 12.0 Å². The van der Waals surface area contributed by atoms with Gasteiger partial charge in [-0.1, -0.05) is 36.6 Å². The average Bonchev–Trinajstić information content (AvgIpc) is 3.38. The first-order valence-corrected chi connectivity index (χ1v) is 11.1. The summed E-state index contributed by atoms with van der Waals surface area (Å²) in [5, 5.41) is 13.8. The average molecular weight is 406 g/mol. The lowest BCUT2D eigenvalue weighted by Crippen LogP contribution is -2.53. The molecule has 30 heavy (non-hydrogen) atoms. The molecule has 3 aliphatic carbocycles. The van der Waals surface area contributed by atoms with Crippen LogP contribution in [0, 0.1) is 12.8 Å². The van der Waals surface area contributed by atoms with E-state index in [1.54, 1.807) is 0 Å². The summed E-state index contributed by atoms with van der Waals surface area (Å²) in [4.78, 5) is 13.0. The zero-order valence-corrected chi connectivity index (χ0v) is 17.4. The van der Waals surface area contributed by atoms with Crippen LogP contribution in [0.1, 0.15) is 37.7 Å². The van der Waals surface area contributed by atoms with Gasteiger partial charge in [-0.25, -0.2) is 0 Å². The summed E-state index contributed by atoms with van der Waals surface area (Å²) < 4.78 is 0. The second-order valence-electron chi connectivity index (χ2n) is 9.04. The van der Waals surface area contributed by atoms with Gasteiger partial charge >= 0.3 is 0 Å². The minimum absolute atomic E-state index is 0.0123. The first-order chi connectivity index (χ1) is 14.6. The van der Waals surface area contributed by atoms with Crippen molar-refractivity contribution in [1.82, 2.24) is 16.0 Å². The van der Waals surface area contributed by atoms with Crippen molar-refractivity contribution in [3.8, 4) is 0 Å². The van der Waals surface area contributed by atoms with Gasteiger partial charge in [0.15, 0.2) is 0 Å². The highest BCUT2D eigenvalue weighted by Gasteiger charge is 2.45. The number of anilines is 1. The van der Waals surface area contributed by atoms with Crippen LogP contribution in [0.15, 0.2) is 59.5 Å². The molecule has 2 fully saturated rings. The van der Waals surface area contributed by atoms with E-state index in [0.29, 0.717) is 11.5 Å². The van der Waals surface area contributed by atoms with Gasteiger partial charge in [0.05, 0.1) is 5.57 Å². The van der Waals surface area contributed by atoms with Crippen molar-refractivity contribution in [3.63, 3.8) is 0 Å². The smallest absolute Gasteiger partial charge is 0.251 e. The third kappa shape index (κ3) is 3.97. The van der Waals surface area contributed by atoms with E-state index in [9.17, 15) is 4.79 Å². The molecule has 2 saturated carbocycles. The molecule has 0 aromatic heterocycles. The summed E-state index contributed by atoms with van der Waals surface area (Å²) in [6, 6.07) is 8.89. The Morgan fingerprint density at radius 1 is 1.13 bits per heavy atom. The standard InChI is InChI=1S/C24H31N5O/c1-14-5-4-6-16(11-14)26-23-17(24(30)28-21-13-15-12-18(15)21)9-10-22(29-23)27-20-8-3-2-7-19(20)25/h4-6,9-12,18-21,23,26-27,29H,2-3,7-8,13,25H2,1H3,(H,28,30)/t18-,19?,20?,21+,23?/m0/s1. The summed E-state index contributed by atoms with van der Waals surface area (Å²) in [6.45, 7) is 2.07. The fraction of sp³-hybridized carbons (Fsp3) is 0.458. The van der Waals surface area contributed by atoms with Crippen LogP contribution >= 0.6 is 0 Å². The van der Waals surface area contributed by atoms with E-state index in [0.717, 1.165) is 30.8 Å². The Labute approximate surface area is 178 Å². The van der Waals surface area contributed by atoms with E-state index in [1.165, 1.54) is 24.0 Å². The van der Waals surface area contributed by atoms with Crippen LogP contribution in [0.5, 0.6) is 0 Å². The Morgan fingerprint density at radius 3 is 2.73 bits per heavy atom. The van der Waals surface area contributed by atoms with Crippen LogP contribution in [-0.4, -0.2) is 30.2 Å². The van der Waals surface area contributed by atoms with Gasteiger partial charge in [0, 0.05) is 29.7 Å². The lowest BCUT2D eigenvalue weighted by atomic mass is 9.90. The maximum absolute atomic E-state index is 13.0. The molecule has 0 saturated heterocycles. The molecule has 158 valence electrons. The molecular weight excluding hydrogens is 374 g/mol. The lowest BCUT2D eigenvalue weighted by molar-refractivity contribution is -0.118. The number of dihydropyridines is 1. The second-order valence-corrected chi connectivity index (χ2v) is 9.04. The summed E-state index contributed by atoms with van der Waals surface area (Å²) >= 11 is 0. The Morgan fingerprint density at radius 2 is 2.00 bits per heavy atom. The number of benzene rings is 1. The Balaban J connectivity index is 1.32. The van der Waals surface area contributed by atoms with E-state index in [1.807, 2.05) is 24.3 Å². The predicted octanol–water partition coefficient (Wildman–Crippen LogP) is 2.41. The number of amides is 1. The van der Waals surface area contributed by atoms with Crippen molar-refractivity contribution in [3.05, 3.63) is 65.0 Å². The fourth-order valence-corrected chi connectivity index (χ4v) is 4.78. The minimum atomic E-state index is -0.314. The van der Waals surface area contributed by atoms with Crippen molar-refractivity contribution < 1.29 is 4.79 Å². The van der Waals surface area contributed by atoms with Gasteiger partial charge in [0.2, 0.25) is 0 Å². The molecule has 4 aliphatic rings. The number of rotatable bonds is 6. The number of carbonyl (C=O) groups excluding carboxylic acids is 1. The highest BCUT2D eigenvalue weighted by atomic mass is 16.1. The largest absolute Gasteiger partial charge is 0.368 e.